The number of carbonyl (C=O) groups is 1. The van der Waals surface area contributed by atoms with Crippen LogP contribution in [0.4, 0.5) is 0 Å². The van der Waals surface area contributed by atoms with E-state index in [1.54, 1.807) is 19.3 Å². The van der Waals surface area contributed by atoms with E-state index < -0.39 is 5.54 Å². The Labute approximate surface area is 173 Å². The summed E-state index contributed by atoms with van der Waals surface area (Å²) in [7, 11) is 0. The van der Waals surface area contributed by atoms with Gasteiger partial charge in [0.05, 0.1) is 24.6 Å². The van der Waals surface area contributed by atoms with Crippen LogP contribution in [0.3, 0.4) is 0 Å². The van der Waals surface area contributed by atoms with Crippen LogP contribution in [0.2, 0.25) is 0 Å². The summed E-state index contributed by atoms with van der Waals surface area (Å²) in [5.41, 5.74) is 0.298. The van der Waals surface area contributed by atoms with Gasteiger partial charge in [-0.1, -0.05) is 42.1 Å². The van der Waals surface area contributed by atoms with Gasteiger partial charge < -0.3 is 9.73 Å². The molecule has 1 N–H and O–H groups in total. The van der Waals surface area contributed by atoms with Gasteiger partial charge in [-0.25, -0.2) is 0 Å². The number of rotatable bonds is 8. The maximum atomic E-state index is 12.5. The smallest absolute Gasteiger partial charge is 0.231 e. The summed E-state index contributed by atoms with van der Waals surface area (Å²) in [5.74, 6) is 1.46. The molecular formula is C21H21N5O2S. The molecule has 1 aliphatic carbocycles. The van der Waals surface area contributed by atoms with Gasteiger partial charge in [-0.05, 0) is 43.4 Å². The van der Waals surface area contributed by atoms with Crippen LogP contribution in [0, 0.1) is 17.2 Å². The average Bonchev–Trinajstić information content (AvgIpc) is 3.33. The van der Waals surface area contributed by atoms with Crippen molar-refractivity contribution in [3.05, 3.63) is 54.3 Å². The maximum absolute atomic E-state index is 12.5. The molecule has 0 saturated heterocycles. The maximum Gasteiger partial charge on any atom is 0.231 e. The minimum atomic E-state index is -0.797. The van der Waals surface area contributed by atoms with E-state index in [2.05, 4.69) is 21.6 Å². The molecular weight excluding hydrogens is 386 g/mol. The molecule has 0 radical (unpaired) electrons. The first-order chi connectivity index (χ1) is 14.1. The van der Waals surface area contributed by atoms with E-state index in [-0.39, 0.29) is 17.6 Å². The van der Waals surface area contributed by atoms with Crippen LogP contribution in [-0.2, 0) is 11.3 Å². The first kappa shape index (κ1) is 19.3. The zero-order valence-electron chi connectivity index (χ0n) is 16.0. The van der Waals surface area contributed by atoms with E-state index in [1.807, 2.05) is 41.0 Å². The molecule has 0 unspecified atom stereocenters. The summed E-state index contributed by atoms with van der Waals surface area (Å²) >= 11 is 1.30. The summed E-state index contributed by atoms with van der Waals surface area (Å²) in [6, 6.07) is 15.9. The second-order valence-electron chi connectivity index (χ2n) is 7.28. The number of benzene rings is 1. The van der Waals surface area contributed by atoms with Crippen LogP contribution < -0.4 is 5.32 Å². The number of hydrogen-bond donors (Lipinski definition) is 1. The van der Waals surface area contributed by atoms with Crippen molar-refractivity contribution in [1.82, 2.24) is 20.1 Å². The van der Waals surface area contributed by atoms with Gasteiger partial charge in [0.15, 0.2) is 10.9 Å². The highest BCUT2D eigenvalue weighted by Crippen LogP contribution is 2.39. The Morgan fingerprint density at radius 2 is 2.10 bits per heavy atom. The Kier molecular flexibility index (Phi) is 5.41. The van der Waals surface area contributed by atoms with Crippen molar-refractivity contribution in [1.29, 1.82) is 5.26 Å². The van der Waals surface area contributed by atoms with Crippen molar-refractivity contribution in [2.75, 3.05) is 5.75 Å². The first-order valence-corrected chi connectivity index (χ1v) is 10.4. The van der Waals surface area contributed by atoms with Crippen LogP contribution in [-0.4, -0.2) is 32.0 Å². The molecule has 2 aromatic heterocycles. The Bertz CT molecular complexity index is 1020. The highest BCUT2D eigenvalue weighted by Gasteiger charge is 2.43. The van der Waals surface area contributed by atoms with Gasteiger partial charge in [-0.3, -0.25) is 9.36 Å². The normalized spacial score (nSPS) is 15.4. The molecule has 3 aromatic rings. The van der Waals surface area contributed by atoms with Gasteiger partial charge in [0.2, 0.25) is 11.7 Å². The van der Waals surface area contributed by atoms with Crippen molar-refractivity contribution in [2.24, 2.45) is 5.92 Å². The van der Waals surface area contributed by atoms with Crippen molar-refractivity contribution < 1.29 is 9.21 Å². The van der Waals surface area contributed by atoms with Crippen LogP contribution in [0.15, 0.2) is 58.3 Å². The third-order valence-electron chi connectivity index (χ3n) is 5.00. The number of aromatic nitrogens is 3. The summed E-state index contributed by atoms with van der Waals surface area (Å²) < 4.78 is 7.44. The summed E-state index contributed by atoms with van der Waals surface area (Å²) in [4.78, 5) is 12.5. The molecule has 1 aliphatic rings. The Balaban J connectivity index is 1.51. The van der Waals surface area contributed by atoms with Crippen LogP contribution in [0.25, 0.3) is 11.6 Å². The fourth-order valence-corrected chi connectivity index (χ4v) is 3.97. The van der Waals surface area contributed by atoms with E-state index in [1.165, 1.54) is 11.8 Å². The monoisotopic (exact) mass is 407 g/mol. The number of nitrogens with one attached hydrogen (secondary N) is 1. The number of thioether (sulfide) groups is 1. The fraction of sp³-hybridized carbons (Fsp3) is 0.333. The number of nitrogens with zero attached hydrogens (tertiary/aromatic N) is 4. The van der Waals surface area contributed by atoms with E-state index >= 15 is 0 Å². The van der Waals surface area contributed by atoms with E-state index in [4.69, 9.17) is 4.42 Å². The molecule has 148 valence electrons. The molecule has 4 rings (SSSR count). The largest absolute Gasteiger partial charge is 0.461 e. The van der Waals surface area contributed by atoms with Crippen LogP contribution in [0.5, 0.6) is 0 Å². The van der Waals surface area contributed by atoms with E-state index in [0.29, 0.717) is 23.3 Å². The zero-order valence-corrected chi connectivity index (χ0v) is 16.9. The second-order valence-corrected chi connectivity index (χ2v) is 8.22. The zero-order chi connectivity index (χ0) is 20.3. The highest BCUT2D eigenvalue weighted by molar-refractivity contribution is 7.99. The van der Waals surface area contributed by atoms with Gasteiger partial charge in [0.1, 0.15) is 5.54 Å². The molecule has 0 bridgehead atoms. The predicted octanol–water partition coefficient (Wildman–Crippen LogP) is 3.49. The molecule has 0 spiro atoms. The topological polar surface area (TPSA) is 96.7 Å². The second kappa shape index (κ2) is 8.13. The lowest BCUT2D eigenvalue weighted by molar-refractivity contribution is -0.119. The summed E-state index contributed by atoms with van der Waals surface area (Å²) in [6.45, 7) is 2.35. The molecule has 1 fully saturated rings. The molecule has 1 amide bonds. The van der Waals surface area contributed by atoms with E-state index in [0.717, 1.165) is 18.4 Å². The average molecular weight is 407 g/mol. The number of carbonyl (C=O) groups excluding carboxylic acids is 1. The molecule has 2 heterocycles. The van der Waals surface area contributed by atoms with Crippen molar-refractivity contribution in [3.63, 3.8) is 0 Å². The quantitative estimate of drug-likeness (QED) is 0.574. The highest BCUT2D eigenvalue weighted by atomic mass is 32.2. The predicted molar refractivity (Wildman–Crippen MR) is 109 cm³/mol. The third kappa shape index (κ3) is 4.35. The summed E-state index contributed by atoms with van der Waals surface area (Å²) in [6.07, 6.45) is 3.56. The number of amides is 1. The lowest BCUT2D eigenvalue weighted by Gasteiger charge is -2.22. The van der Waals surface area contributed by atoms with Gasteiger partial charge in [-0.15, -0.1) is 10.2 Å². The molecule has 1 aromatic carbocycles. The van der Waals surface area contributed by atoms with Gasteiger partial charge in [0, 0.05) is 0 Å². The Morgan fingerprint density at radius 3 is 2.76 bits per heavy atom. The van der Waals surface area contributed by atoms with Crippen molar-refractivity contribution >= 4 is 17.7 Å². The van der Waals surface area contributed by atoms with E-state index in [9.17, 15) is 10.1 Å². The lowest BCUT2D eigenvalue weighted by atomic mass is 9.98. The van der Waals surface area contributed by atoms with Gasteiger partial charge >= 0.3 is 0 Å². The third-order valence-corrected chi connectivity index (χ3v) is 5.97. The van der Waals surface area contributed by atoms with Gasteiger partial charge in [-0.2, -0.15) is 5.26 Å². The minimum absolute atomic E-state index is 0.162. The standard InChI is InChI=1S/C21H21N5O2S/c1-21(14-22,16-9-10-16)23-18(27)13-29-20-25-24-19(17-8-5-11-28-17)26(20)12-15-6-3-2-4-7-15/h2-8,11,16H,9-10,12-13H2,1H3,(H,23,27)/t21-/m1/s1. The van der Waals surface area contributed by atoms with Gasteiger partial charge in [0.25, 0.3) is 0 Å². The number of hydrogen-bond acceptors (Lipinski definition) is 6. The molecule has 8 heteroatoms. The van der Waals surface area contributed by atoms with Crippen molar-refractivity contribution in [3.8, 4) is 17.7 Å². The minimum Gasteiger partial charge on any atom is -0.461 e. The lowest BCUT2D eigenvalue weighted by Crippen LogP contribution is -2.47. The molecule has 29 heavy (non-hydrogen) atoms. The number of nitriles is 1. The molecule has 1 atom stereocenters. The first-order valence-electron chi connectivity index (χ1n) is 9.45. The summed E-state index contributed by atoms with van der Waals surface area (Å²) in [5, 5.41) is 21.5. The fourth-order valence-electron chi connectivity index (χ4n) is 3.23. The Morgan fingerprint density at radius 1 is 1.31 bits per heavy atom. The molecule has 7 nitrogen and oxygen atoms in total. The van der Waals surface area contributed by atoms with Crippen LogP contribution in [0.1, 0.15) is 25.3 Å². The SMILES string of the molecule is C[C@](C#N)(NC(=O)CSc1nnc(-c2ccco2)n1Cc1ccccc1)C1CC1. The molecule has 1 saturated carbocycles. The van der Waals surface area contributed by atoms with Crippen LogP contribution >= 0.6 is 11.8 Å². The Hall–Kier alpha value is -3.05. The molecule has 0 aliphatic heterocycles. The number of furan rings is 1. The van der Waals surface area contributed by atoms with Crippen molar-refractivity contribution in [2.45, 2.75) is 37.0 Å².